The Hall–Kier alpha value is -2.39. The van der Waals surface area contributed by atoms with Crippen LogP contribution in [-0.4, -0.2) is 23.6 Å². The van der Waals surface area contributed by atoms with Gasteiger partial charge in [0.1, 0.15) is 18.9 Å². The predicted octanol–water partition coefficient (Wildman–Crippen LogP) is 5.28. The second-order valence-corrected chi connectivity index (χ2v) is 7.92. The molecule has 0 fully saturated rings. The number of para-hydroxylation sites is 1. The van der Waals surface area contributed by atoms with Crippen LogP contribution in [0, 0.1) is 6.92 Å². The SMILES string of the molecule is Cc1csc(N(CC(F)(F)F)C(=O)c2cc3c(s2)-c2ccccc2OC3)n1. The van der Waals surface area contributed by atoms with E-state index in [0.29, 0.717) is 16.3 Å². The number of benzene rings is 1. The Balaban J connectivity index is 1.72. The van der Waals surface area contributed by atoms with Crippen LogP contribution in [0.4, 0.5) is 18.3 Å². The van der Waals surface area contributed by atoms with Crippen molar-refractivity contribution in [3.05, 3.63) is 51.8 Å². The standard InChI is InChI=1S/C18H13F3N2O2S2/c1-10-8-26-17(22-10)23(9-18(19,20)21)16(24)14-6-11-7-25-13-5-3-2-4-12(13)15(11)27-14/h2-6,8H,7,9H2,1H3. The number of alkyl halides is 3. The third kappa shape index (κ3) is 3.57. The number of thiazole rings is 1. The van der Waals surface area contributed by atoms with Gasteiger partial charge >= 0.3 is 6.18 Å². The maximum absolute atomic E-state index is 13.1. The minimum Gasteiger partial charge on any atom is -0.488 e. The highest BCUT2D eigenvalue weighted by Crippen LogP contribution is 2.43. The summed E-state index contributed by atoms with van der Waals surface area (Å²) in [6.07, 6.45) is -4.53. The summed E-state index contributed by atoms with van der Waals surface area (Å²) in [6, 6.07) is 9.01. The van der Waals surface area contributed by atoms with Crippen LogP contribution in [0.1, 0.15) is 20.9 Å². The number of ether oxygens (including phenoxy) is 1. The van der Waals surface area contributed by atoms with Crippen molar-refractivity contribution in [2.24, 2.45) is 0 Å². The molecule has 4 rings (SSSR count). The lowest BCUT2D eigenvalue weighted by molar-refractivity contribution is -0.118. The zero-order chi connectivity index (χ0) is 19.2. The van der Waals surface area contributed by atoms with E-state index in [1.165, 1.54) is 11.3 Å². The summed E-state index contributed by atoms with van der Waals surface area (Å²) < 4.78 is 44.9. The third-order valence-electron chi connectivity index (χ3n) is 3.95. The van der Waals surface area contributed by atoms with Gasteiger partial charge in [0, 0.05) is 21.4 Å². The summed E-state index contributed by atoms with van der Waals surface area (Å²) in [7, 11) is 0. The number of carbonyl (C=O) groups is 1. The van der Waals surface area contributed by atoms with Crippen molar-refractivity contribution >= 4 is 33.7 Å². The number of amides is 1. The minimum atomic E-state index is -4.53. The summed E-state index contributed by atoms with van der Waals surface area (Å²) in [4.78, 5) is 18.8. The number of hydrogen-bond donors (Lipinski definition) is 0. The van der Waals surface area contributed by atoms with E-state index in [-0.39, 0.29) is 16.6 Å². The van der Waals surface area contributed by atoms with Crippen molar-refractivity contribution in [2.75, 3.05) is 11.4 Å². The molecule has 1 aromatic carbocycles. The molecule has 0 atom stereocenters. The lowest BCUT2D eigenvalue weighted by atomic mass is 10.1. The van der Waals surface area contributed by atoms with Gasteiger partial charge in [-0.1, -0.05) is 12.1 Å². The number of nitrogens with zero attached hydrogens (tertiary/aromatic N) is 2. The molecule has 9 heteroatoms. The van der Waals surface area contributed by atoms with Crippen molar-refractivity contribution in [3.63, 3.8) is 0 Å². The van der Waals surface area contributed by atoms with Crippen LogP contribution >= 0.6 is 22.7 Å². The highest BCUT2D eigenvalue weighted by Gasteiger charge is 2.36. The molecule has 0 bridgehead atoms. The molecule has 0 aliphatic carbocycles. The van der Waals surface area contributed by atoms with Crippen LogP contribution in [0.3, 0.4) is 0 Å². The van der Waals surface area contributed by atoms with Gasteiger partial charge in [-0.3, -0.25) is 9.69 Å². The minimum absolute atomic E-state index is 0.0397. The summed E-state index contributed by atoms with van der Waals surface area (Å²) in [5, 5.41) is 1.66. The normalized spacial score (nSPS) is 12.9. The van der Waals surface area contributed by atoms with Crippen molar-refractivity contribution in [3.8, 4) is 16.2 Å². The molecule has 0 N–H and O–H groups in total. The summed E-state index contributed by atoms with van der Waals surface area (Å²) in [6.45, 7) is 0.578. The summed E-state index contributed by atoms with van der Waals surface area (Å²) in [5.41, 5.74) is 2.21. The molecule has 0 saturated heterocycles. The molecule has 1 amide bonds. The van der Waals surface area contributed by atoms with Gasteiger partial charge in [-0.15, -0.1) is 22.7 Å². The van der Waals surface area contributed by atoms with E-state index < -0.39 is 18.6 Å². The van der Waals surface area contributed by atoms with E-state index >= 15 is 0 Å². The summed E-state index contributed by atoms with van der Waals surface area (Å²) >= 11 is 2.20. The van der Waals surface area contributed by atoms with Gasteiger partial charge in [0.05, 0.1) is 10.6 Å². The predicted molar refractivity (Wildman–Crippen MR) is 98.7 cm³/mol. The average molecular weight is 410 g/mol. The zero-order valence-corrected chi connectivity index (χ0v) is 15.7. The smallest absolute Gasteiger partial charge is 0.406 e. The highest BCUT2D eigenvalue weighted by molar-refractivity contribution is 7.18. The average Bonchev–Trinajstić information content (AvgIpc) is 3.24. The highest BCUT2D eigenvalue weighted by atomic mass is 32.1. The lowest BCUT2D eigenvalue weighted by Crippen LogP contribution is -2.38. The van der Waals surface area contributed by atoms with Crippen LogP contribution in [0.2, 0.25) is 0 Å². The Bertz CT molecular complexity index is 1010. The number of hydrogen-bond acceptors (Lipinski definition) is 5. The molecular weight excluding hydrogens is 397 g/mol. The number of thiophene rings is 1. The molecule has 27 heavy (non-hydrogen) atoms. The maximum Gasteiger partial charge on any atom is 0.406 e. The first-order chi connectivity index (χ1) is 12.8. The second-order valence-electron chi connectivity index (χ2n) is 6.03. The van der Waals surface area contributed by atoms with Gasteiger partial charge in [0.2, 0.25) is 0 Å². The van der Waals surface area contributed by atoms with Gasteiger partial charge in [0.25, 0.3) is 5.91 Å². The van der Waals surface area contributed by atoms with Crippen LogP contribution in [0.15, 0.2) is 35.7 Å². The van der Waals surface area contributed by atoms with Gasteiger partial charge in [0.15, 0.2) is 5.13 Å². The first-order valence-electron chi connectivity index (χ1n) is 7.97. The van der Waals surface area contributed by atoms with E-state index in [1.54, 1.807) is 18.4 Å². The molecule has 0 saturated carbocycles. The monoisotopic (exact) mass is 410 g/mol. The molecule has 0 unspecified atom stereocenters. The number of halogens is 3. The molecule has 1 aliphatic heterocycles. The van der Waals surface area contributed by atoms with E-state index in [2.05, 4.69) is 4.98 Å². The van der Waals surface area contributed by atoms with Crippen LogP contribution in [0.5, 0.6) is 5.75 Å². The number of rotatable bonds is 3. The van der Waals surface area contributed by atoms with Crippen molar-refractivity contribution in [2.45, 2.75) is 19.7 Å². The first kappa shape index (κ1) is 18.0. The molecule has 3 aromatic rings. The topological polar surface area (TPSA) is 42.4 Å². The Kier molecular flexibility index (Phi) is 4.43. The van der Waals surface area contributed by atoms with E-state index in [0.717, 1.165) is 27.3 Å². The van der Waals surface area contributed by atoms with Crippen molar-refractivity contribution in [1.82, 2.24) is 4.98 Å². The molecule has 0 radical (unpaired) electrons. The molecule has 1 aliphatic rings. The number of aromatic nitrogens is 1. The maximum atomic E-state index is 13.1. The fraction of sp³-hybridized carbons (Fsp3) is 0.222. The van der Waals surface area contributed by atoms with Crippen LogP contribution < -0.4 is 9.64 Å². The van der Waals surface area contributed by atoms with E-state index in [9.17, 15) is 18.0 Å². The van der Waals surface area contributed by atoms with Gasteiger partial charge < -0.3 is 4.74 Å². The van der Waals surface area contributed by atoms with Crippen molar-refractivity contribution in [1.29, 1.82) is 0 Å². The molecule has 4 nitrogen and oxygen atoms in total. The van der Waals surface area contributed by atoms with E-state index in [1.807, 2.05) is 24.3 Å². The second kappa shape index (κ2) is 6.65. The third-order valence-corrected chi connectivity index (χ3v) is 6.14. The fourth-order valence-electron chi connectivity index (χ4n) is 2.81. The molecular formula is C18H13F3N2O2S2. The number of anilines is 1. The molecule has 0 spiro atoms. The first-order valence-corrected chi connectivity index (χ1v) is 9.67. The quantitative estimate of drug-likeness (QED) is 0.590. The van der Waals surface area contributed by atoms with Crippen molar-refractivity contribution < 1.29 is 22.7 Å². The Labute approximate surface area is 160 Å². The van der Waals surface area contributed by atoms with Gasteiger partial charge in [-0.05, 0) is 25.1 Å². The number of aryl methyl sites for hydroxylation is 1. The van der Waals surface area contributed by atoms with Gasteiger partial charge in [-0.2, -0.15) is 13.2 Å². The Morgan fingerprint density at radius 2 is 2.11 bits per heavy atom. The largest absolute Gasteiger partial charge is 0.488 e. The molecule has 140 valence electrons. The van der Waals surface area contributed by atoms with Crippen LogP contribution in [-0.2, 0) is 6.61 Å². The fourth-order valence-corrected chi connectivity index (χ4v) is 4.76. The zero-order valence-electron chi connectivity index (χ0n) is 14.0. The Morgan fingerprint density at radius 3 is 2.81 bits per heavy atom. The molecule has 3 heterocycles. The summed E-state index contributed by atoms with van der Waals surface area (Å²) in [5.74, 6) is -0.00731. The number of fused-ring (bicyclic) bond motifs is 3. The molecule has 2 aromatic heterocycles. The van der Waals surface area contributed by atoms with Crippen LogP contribution in [0.25, 0.3) is 10.4 Å². The van der Waals surface area contributed by atoms with Gasteiger partial charge in [-0.25, -0.2) is 4.98 Å². The van der Waals surface area contributed by atoms with E-state index in [4.69, 9.17) is 4.74 Å². The lowest BCUT2D eigenvalue weighted by Gasteiger charge is -2.20. The number of carbonyl (C=O) groups excluding carboxylic acids is 1. The Morgan fingerprint density at radius 1 is 1.33 bits per heavy atom.